The molecule has 8 fully saturated rings. The van der Waals surface area contributed by atoms with Crippen LogP contribution in [0.15, 0.2) is 11.6 Å². The zero-order chi connectivity index (χ0) is 46.5. The van der Waals surface area contributed by atoms with Crippen LogP contribution in [0.25, 0.3) is 0 Å². The quantitative estimate of drug-likeness (QED) is 0.0770. The Bertz CT molecular complexity index is 1700. The van der Waals surface area contributed by atoms with Crippen LogP contribution >= 0.6 is 0 Å². The highest BCUT2D eigenvalue weighted by Gasteiger charge is 2.72. The summed E-state index contributed by atoms with van der Waals surface area (Å²) in [7, 11) is 0. The lowest BCUT2D eigenvalue weighted by Crippen LogP contribution is -2.67. The molecule has 10 N–H and O–H groups in total. The minimum Gasteiger partial charge on any atom is -0.392 e. The number of carbonyl (C=O) groups is 1. The van der Waals surface area contributed by atoms with Gasteiger partial charge >= 0.3 is 0 Å². The van der Waals surface area contributed by atoms with Crippen molar-refractivity contribution in [3.63, 3.8) is 0 Å². The minimum absolute atomic E-state index is 0.0261. The van der Waals surface area contributed by atoms with Crippen molar-refractivity contribution in [2.45, 2.75) is 203 Å². The molecule has 4 saturated heterocycles. The predicted octanol–water partition coefficient (Wildman–Crippen LogP) is -0.233. The highest BCUT2D eigenvalue weighted by molar-refractivity contribution is 5.62. The molecule has 0 bridgehead atoms. The highest BCUT2D eigenvalue weighted by Crippen LogP contribution is 2.76. The first-order valence-electron chi connectivity index (χ1n) is 23.5. The summed E-state index contributed by atoms with van der Waals surface area (Å²) in [6.45, 7) is 11.3. The number of rotatable bonds is 10. The molecule has 0 unspecified atom stereocenters. The smallest absolute Gasteiger partial charge is 0.187 e. The van der Waals surface area contributed by atoms with E-state index in [2.05, 4.69) is 27.7 Å². The van der Waals surface area contributed by atoms with Gasteiger partial charge in [-0.15, -0.1) is 0 Å². The van der Waals surface area contributed by atoms with E-state index >= 15 is 0 Å². The summed E-state index contributed by atoms with van der Waals surface area (Å²) in [5.74, 6) is -0.214. The van der Waals surface area contributed by atoms with Gasteiger partial charge in [0.1, 0.15) is 66.8 Å². The number of aliphatic hydroxyl groups is 10. The van der Waals surface area contributed by atoms with Crippen molar-refractivity contribution in [1.29, 1.82) is 0 Å². The lowest BCUT2D eigenvalue weighted by Gasteiger charge is -2.69. The molecule has 8 rings (SSSR count). The molecule has 0 aromatic rings. The first-order valence-corrected chi connectivity index (χ1v) is 23.5. The predicted molar refractivity (Wildman–Crippen MR) is 221 cm³/mol. The Morgan fingerprint density at radius 3 is 2.03 bits per heavy atom. The first kappa shape index (κ1) is 49.2. The summed E-state index contributed by atoms with van der Waals surface area (Å²) in [5.41, 5.74) is -2.58. The second-order valence-electron chi connectivity index (χ2n) is 21.8. The third kappa shape index (κ3) is 7.79. The van der Waals surface area contributed by atoms with Crippen LogP contribution in [0.3, 0.4) is 0 Å². The average molecular weight is 915 g/mol. The van der Waals surface area contributed by atoms with Crippen LogP contribution in [0.4, 0.5) is 0 Å². The maximum absolute atomic E-state index is 13.9. The van der Waals surface area contributed by atoms with Crippen LogP contribution < -0.4 is 0 Å². The Hall–Kier alpha value is -1.27. The Morgan fingerprint density at radius 2 is 1.33 bits per heavy atom. The van der Waals surface area contributed by atoms with Crippen LogP contribution in [0.2, 0.25) is 0 Å². The van der Waals surface area contributed by atoms with E-state index in [0.29, 0.717) is 24.8 Å². The summed E-state index contributed by atoms with van der Waals surface area (Å²) in [6.07, 6.45) is -12.7. The monoisotopic (exact) mass is 914 g/mol. The summed E-state index contributed by atoms with van der Waals surface area (Å²) in [6, 6.07) is 0. The maximum Gasteiger partial charge on any atom is 0.187 e. The van der Waals surface area contributed by atoms with Gasteiger partial charge in [0.2, 0.25) is 0 Å². The van der Waals surface area contributed by atoms with Gasteiger partial charge in [0.05, 0.1) is 38.1 Å². The molecular formula is C46H74O18. The number of fused-ring (bicyclic) bond motifs is 5. The topological polar surface area (TPSA) is 284 Å². The van der Waals surface area contributed by atoms with E-state index < -0.39 is 115 Å². The SMILES string of the molecule is C/C(=C\[C@@H]1C[C@](O)([C@H]2CC[C@]3(C)[C@@H]2CC[C@@H]2[C@@]4(C=O)CC[C@H](O[C@@H]5OC[C@H](O)[C@H](O[C@@H]6OC[C@@H](O)[C@H](O)[C@H]6O)[C@H]5O[C@@H]5O[C@@H](C)[C@H](O)[C@@H](O)[C@H]5O)C(C)(C)[C@@H]4CC[C@]23C)[C@@H](O)O1)CO. The number of hydrogen-bond donors (Lipinski definition) is 10. The molecule has 4 aliphatic carbocycles. The molecule has 18 nitrogen and oxygen atoms in total. The Balaban J connectivity index is 1.03. The first-order chi connectivity index (χ1) is 30.1. The van der Waals surface area contributed by atoms with Crippen LogP contribution in [-0.2, 0) is 38.0 Å². The van der Waals surface area contributed by atoms with Crippen molar-refractivity contribution in [2.75, 3.05) is 19.8 Å². The van der Waals surface area contributed by atoms with Gasteiger partial charge in [-0.3, -0.25) is 0 Å². The molecule has 64 heavy (non-hydrogen) atoms. The summed E-state index contributed by atoms with van der Waals surface area (Å²) in [4.78, 5) is 13.9. The van der Waals surface area contributed by atoms with Crippen LogP contribution in [0.5, 0.6) is 0 Å². The van der Waals surface area contributed by atoms with Crippen LogP contribution in [-0.4, -0.2) is 181 Å². The normalized spacial score (nSPS) is 55.3. The zero-order valence-electron chi connectivity index (χ0n) is 37.9. The van der Waals surface area contributed by atoms with Crippen molar-refractivity contribution in [3.8, 4) is 0 Å². The third-order valence-corrected chi connectivity index (χ3v) is 18.3. The van der Waals surface area contributed by atoms with Gasteiger partial charge in [0.25, 0.3) is 0 Å². The Labute approximate surface area is 374 Å². The summed E-state index contributed by atoms with van der Waals surface area (Å²) < 4.78 is 42.6. The maximum atomic E-state index is 13.9. The third-order valence-electron chi connectivity index (χ3n) is 18.3. The fourth-order valence-corrected chi connectivity index (χ4v) is 14.5. The van der Waals surface area contributed by atoms with E-state index in [4.69, 9.17) is 33.2 Å². The van der Waals surface area contributed by atoms with Crippen LogP contribution in [0.1, 0.15) is 99.3 Å². The van der Waals surface area contributed by atoms with E-state index in [1.54, 1.807) is 13.0 Å². The standard InChI is InChI=1S/C46H74O18/c1-21(17-47)15-23-16-46(57,41(56)61-23)25-9-12-43(5)24(25)7-8-29-44(43,6)13-10-28-42(3,4)30(11-14-45(28,29)20-48)62-40-37(64-39-35(55)33(53)31(51)22(2)60-39)36(27(50)19-59-40)63-38-34(54)32(52)26(49)18-58-38/h15,20,22-41,47,49-57H,7-14,16-19H2,1-6H3/b21-15+/t22-,23+,24+,25-,26+,27-,28-,29-,30-,31-,32-,33+,34+,35+,36-,37+,38-,39-,40-,41-,43+,44+,45+,46-/m0/s1. The van der Waals surface area contributed by atoms with E-state index in [1.165, 1.54) is 13.2 Å². The Kier molecular flexibility index (Phi) is 13.8. The fourth-order valence-electron chi connectivity index (χ4n) is 14.5. The van der Waals surface area contributed by atoms with Gasteiger partial charge in [-0.2, -0.15) is 0 Å². The number of ether oxygens (including phenoxy) is 7. The molecule has 0 spiro atoms. The van der Waals surface area contributed by atoms with Gasteiger partial charge < -0.3 is 89.0 Å². The second-order valence-corrected chi connectivity index (χ2v) is 21.8. The highest BCUT2D eigenvalue weighted by atomic mass is 16.8. The zero-order valence-corrected chi connectivity index (χ0v) is 37.9. The molecule has 0 aromatic carbocycles. The largest absolute Gasteiger partial charge is 0.392 e. The van der Waals surface area contributed by atoms with Crippen molar-refractivity contribution in [3.05, 3.63) is 11.6 Å². The van der Waals surface area contributed by atoms with Crippen molar-refractivity contribution < 1.29 is 89.0 Å². The Morgan fingerprint density at radius 1 is 0.672 bits per heavy atom. The molecule has 4 saturated carbocycles. The molecule has 4 heterocycles. The molecule has 4 aliphatic heterocycles. The summed E-state index contributed by atoms with van der Waals surface area (Å²) >= 11 is 0. The number of aliphatic hydroxyl groups excluding tert-OH is 9. The molecule has 366 valence electrons. The van der Waals surface area contributed by atoms with Crippen LogP contribution in [0, 0.1) is 45.3 Å². The molecule has 8 aliphatic rings. The second kappa shape index (κ2) is 17.9. The molecule has 24 atom stereocenters. The molecule has 0 aromatic heterocycles. The van der Waals surface area contributed by atoms with Gasteiger partial charge in [0, 0.05) is 11.8 Å². The molecule has 18 heteroatoms. The van der Waals surface area contributed by atoms with Crippen molar-refractivity contribution >= 4 is 6.29 Å². The lowest BCUT2D eigenvalue weighted by molar-refractivity contribution is -0.383. The average Bonchev–Trinajstić information content (AvgIpc) is 3.77. The van der Waals surface area contributed by atoms with Gasteiger partial charge in [-0.1, -0.05) is 33.8 Å². The van der Waals surface area contributed by atoms with E-state index in [1.807, 2.05) is 0 Å². The van der Waals surface area contributed by atoms with E-state index in [9.17, 15) is 55.9 Å². The minimum atomic E-state index is -1.74. The van der Waals surface area contributed by atoms with Crippen molar-refractivity contribution in [2.24, 2.45) is 45.3 Å². The van der Waals surface area contributed by atoms with E-state index in [-0.39, 0.29) is 60.7 Å². The van der Waals surface area contributed by atoms with Crippen molar-refractivity contribution in [1.82, 2.24) is 0 Å². The van der Waals surface area contributed by atoms with Gasteiger partial charge in [-0.25, -0.2) is 0 Å². The molecular weight excluding hydrogens is 840 g/mol. The summed E-state index contributed by atoms with van der Waals surface area (Å²) in [5, 5.41) is 108. The number of hydrogen-bond acceptors (Lipinski definition) is 18. The fraction of sp³-hybridized carbons (Fsp3) is 0.935. The molecule has 0 amide bonds. The van der Waals surface area contributed by atoms with E-state index in [0.717, 1.165) is 32.1 Å². The van der Waals surface area contributed by atoms with Gasteiger partial charge in [-0.05, 0) is 111 Å². The molecule has 0 radical (unpaired) electrons. The number of aldehydes is 1. The van der Waals surface area contributed by atoms with Gasteiger partial charge in [0.15, 0.2) is 25.2 Å². The number of carbonyl (C=O) groups excluding carboxylic acids is 1. The lowest BCUT2D eigenvalue weighted by atomic mass is 9.35.